The van der Waals surface area contributed by atoms with Crippen LogP contribution in [0, 0.1) is 5.41 Å². The summed E-state index contributed by atoms with van der Waals surface area (Å²) in [5.74, 6) is 0.246. The van der Waals surface area contributed by atoms with E-state index in [1.807, 2.05) is 0 Å². The monoisotopic (exact) mass is 206 g/mol. The first-order chi connectivity index (χ1) is 6.96. The van der Waals surface area contributed by atoms with Crippen molar-refractivity contribution in [1.82, 2.24) is 25.4 Å². The van der Waals surface area contributed by atoms with Crippen LogP contribution in [0.15, 0.2) is 0 Å². The van der Waals surface area contributed by atoms with Gasteiger partial charge in [-0.25, -0.2) is 4.98 Å². The van der Waals surface area contributed by atoms with Crippen LogP contribution >= 0.6 is 0 Å². The van der Waals surface area contributed by atoms with Crippen molar-refractivity contribution in [3.8, 4) is 0 Å². The normalized spacial score (nSPS) is 12.2. The fraction of sp³-hybridized carbons (Fsp3) is 0.556. The molecule has 0 atom stereocenters. The minimum Gasteiger partial charge on any atom is -0.368 e. The van der Waals surface area contributed by atoms with Crippen LogP contribution in [0.1, 0.15) is 26.5 Å². The average molecular weight is 206 g/mol. The van der Waals surface area contributed by atoms with Crippen molar-refractivity contribution in [3.63, 3.8) is 0 Å². The second-order valence-corrected chi connectivity index (χ2v) is 4.76. The summed E-state index contributed by atoms with van der Waals surface area (Å²) in [5.41, 5.74) is 7.81. The van der Waals surface area contributed by atoms with Gasteiger partial charge in [0.15, 0.2) is 5.52 Å². The van der Waals surface area contributed by atoms with Gasteiger partial charge in [0.2, 0.25) is 11.6 Å². The first-order valence-corrected chi connectivity index (χ1v) is 4.78. The van der Waals surface area contributed by atoms with Crippen LogP contribution in [0.2, 0.25) is 0 Å². The summed E-state index contributed by atoms with van der Waals surface area (Å²) in [7, 11) is 0. The van der Waals surface area contributed by atoms with Gasteiger partial charge in [0.1, 0.15) is 0 Å². The molecule has 6 nitrogen and oxygen atoms in total. The van der Waals surface area contributed by atoms with Gasteiger partial charge in [-0.1, -0.05) is 20.8 Å². The Balaban J connectivity index is 2.53. The topological polar surface area (TPSA) is 93.4 Å². The zero-order valence-corrected chi connectivity index (χ0v) is 9.07. The molecule has 2 rings (SSSR count). The number of anilines is 1. The highest BCUT2D eigenvalue weighted by atomic mass is 15.3. The minimum atomic E-state index is 0.132. The van der Waals surface area contributed by atoms with Crippen molar-refractivity contribution in [2.45, 2.75) is 27.2 Å². The quantitative estimate of drug-likeness (QED) is 0.723. The molecule has 0 fully saturated rings. The minimum absolute atomic E-state index is 0.132. The first kappa shape index (κ1) is 9.82. The fourth-order valence-corrected chi connectivity index (χ4v) is 1.45. The maximum Gasteiger partial charge on any atom is 0.222 e. The summed E-state index contributed by atoms with van der Waals surface area (Å²) in [6.45, 7) is 6.41. The predicted octanol–water partition coefficient (Wildman–Crippen LogP) is 0.919. The summed E-state index contributed by atoms with van der Waals surface area (Å²) < 4.78 is 0. The van der Waals surface area contributed by atoms with E-state index in [9.17, 15) is 0 Å². The van der Waals surface area contributed by atoms with Crippen LogP contribution in [0.25, 0.3) is 11.2 Å². The summed E-state index contributed by atoms with van der Waals surface area (Å²) in [6, 6.07) is 0. The van der Waals surface area contributed by atoms with Crippen molar-refractivity contribution >= 4 is 17.1 Å². The molecule has 0 radical (unpaired) electrons. The maximum atomic E-state index is 5.60. The Morgan fingerprint density at radius 1 is 1.20 bits per heavy atom. The number of hydrogen-bond acceptors (Lipinski definition) is 5. The third kappa shape index (κ3) is 2.03. The highest BCUT2D eigenvalue weighted by molar-refractivity contribution is 5.72. The molecule has 0 saturated carbocycles. The first-order valence-electron chi connectivity index (χ1n) is 4.78. The number of nitrogens with two attached hydrogens (primary N) is 1. The molecular formula is C9H14N6. The number of nitrogens with one attached hydrogen (secondary N) is 1. The molecule has 0 aliphatic heterocycles. The van der Waals surface area contributed by atoms with Gasteiger partial charge < -0.3 is 5.73 Å². The second kappa shape index (κ2) is 3.15. The van der Waals surface area contributed by atoms with Crippen molar-refractivity contribution in [2.24, 2.45) is 5.41 Å². The van der Waals surface area contributed by atoms with Gasteiger partial charge in [-0.3, -0.25) is 0 Å². The molecule has 0 bridgehead atoms. The van der Waals surface area contributed by atoms with E-state index in [0.717, 1.165) is 12.1 Å². The zero-order valence-electron chi connectivity index (χ0n) is 9.07. The third-order valence-electron chi connectivity index (χ3n) is 1.97. The molecule has 0 saturated heterocycles. The molecule has 0 aliphatic carbocycles. The van der Waals surface area contributed by atoms with Crippen molar-refractivity contribution in [3.05, 3.63) is 5.69 Å². The van der Waals surface area contributed by atoms with E-state index in [1.54, 1.807) is 0 Å². The van der Waals surface area contributed by atoms with Crippen molar-refractivity contribution in [1.29, 1.82) is 0 Å². The van der Waals surface area contributed by atoms with Crippen molar-refractivity contribution in [2.75, 3.05) is 5.73 Å². The smallest absolute Gasteiger partial charge is 0.222 e. The molecule has 2 aromatic heterocycles. The predicted molar refractivity (Wildman–Crippen MR) is 57.1 cm³/mol. The Morgan fingerprint density at radius 2 is 1.93 bits per heavy atom. The lowest BCUT2D eigenvalue weighted by Crippen LogP contribution is -2.12. The summed E-state index contributed by atoms with van der Waals surface area (Å²) in [5, 5.41) is 10.5. The van der Waals surface area contributed by atoms with E-state index in [0.29, 0.717) is 11.2 Å². The Morgan fingerprint density at radius 3 is 2.60 bits per heavy atom. The van der Waals surface area contributed by atoms with Gasteiger partial charge in [0.25, 0.3) is 0 Å². The summed E-state index contributed by atoms with van der Waals surface area (Å²) >= 11 is 0. The van der Waals surface area contributed by atoms with E-state index < -0.39 is 0 Å². The number of fused-ring (bicyclic) bond motifs is 1. The fourth-order valence-electron chi connectivity index (χ4n) is 1.45. The SMILES string of the molecule is CC(C)(C)Cc1nc(N)nc2n[nH]nc12. The maximum absolute atomic E-state index is 5.60. The molecule has 2 aromatic rings. The molecule has 0 amide bonds. The van der Waals surface area contributed by atoms with Gasteiger partial charge in [0, 0.05) is 0 Å². The van der Waals surface area contributed by atoms with E-state index in [-0.39, 0.29) is 11.4 Å². The van der Waals surface area contributed by atoms with Crippen LogP contribution in [-0.2, 0) is 6.42 Å². The lowest BCUT2D eigenvalue weighted by Gasteiger charge is -2.17. The number of rotatable bonds is 1. The Labute approximate surface area is 87.3 Å². The van der Waals surface area contributed by atoms with Gasteiger partial charge >= 0.3 is 0 Å². The standard InChI is InChI=1S/C9H14N6/c1-9(2,3)4-5-6-7(14-15-13-6)12-8(10)11-5/h4H2,1-3H3,(H3,10,11,12,13,14,15). The van der Waals surface area contributed by atoms with E-state index >= 15 is 0 Å². The Kier molecular flexibility index (Phi) is 2.06. The number of nitrogens with zero attached hydrogens (tertiary/aromatic N) is 4. The van der Waals surface area contributed by atoms with E-state index in [1.165, 1.54) is 0 Å². The molecule has 2 heterocycles. The largest absolute Gasteiger partial charge is 0.368 e. The summed E-state index contributed by atoms with van der Waals surface area (Å²) in [4.78, 5) is 8.19. The van der Waals surface area contributed by atoms with Crippen molar-refractivity contribution < 1.29 is 0 Å². The molecular weight excluding hydrogens is 192 g/mol. The highest BCUT2D eigenvalue weighted by Gasteiger charge is 2.17. The van der Waals surface area contributed by atoms with Gasteiger partial charge in [-0.15, -0.1) is 5.10 Å². The van der Waals surface area contributed by atoms with Crippen LogP contribution in [-0.4, -0.2) is 25.4 Å². The van der Waals surface area contributed by atoms with Gasteiger partial charge in [0.05, 0.1) is 5.69 Å². The summed E-state index contributed by atoms with van der Waals surface area (Å²) in [6.07, 6.45) is 0.794. The number of aromatic amines is 1. The molecule has 80 valence electrons. The van der Waals surface area contributed by atoms with E-state index in [2.05, 4.69) is 46.1 Å². The van der Waals surface area contributed by atoms with Gasteiger partial charge in [-0.2, -0.15) is 15.3 Å². The molecule has 6 heteroatoms. The van der Waals surface area contributed by atoms with Crippen LogP contribution in [0.5, 0.6) is 0 Å². The van der Waals surface area contributed by atoms with Gasteiger partial charge in [-0.05, 0) is 11.8 Å². The van der Waals surface area contributed by atoms with E-state index in [4.69, 9.17) is 5.73 Å². The van der Waals surface area contributed by atoms with Crippen LogP contribution in [0.4, 0.5) is 5.95 Å². The molecule has 0 aliphatic rings. The highest BCUT2D eigenvalue weighted by Crippen LogP contribution is 2.22. The number of hydrogen-bond donors (Lipinski definition) is 2. The second-order valence-electron chi connectivity index (χ2n) is 4.76. The lowest BCUT2D eigenvalue weighted by atomic mass is 9.90. The molecule has 0 aromatic carbocycles. The Bertz CT molecular complexity index is 481. The third-order valence-corrected chi connectivity index (χ3v) is 1.97. The number of nitrogen functional groups attached to an aromatic ring is 1. The molecule has 0 unspecified atom stereocenters. The van der Waals surface area contributed by atoms with Crippen LogP contribution in [0.3, 0.4) is 0 Å². The van der Waals surface area contributed by atoms with Crippen LogP contribution < -0.4 is 5.73 Å². The Hall–Kier alpha value is -1.72. The molecule has 3 N–H and O–H groups in total. The zero-order chi connectivity index (χ0) is 11.1. The average Bonchev–Trinajstić information content (AvgIpc) is 2.48. The lowest BCUT2D eigenvalue weighted by molar-refractivity contribution is 0.407. The number of aromatic nitrogens is 5. The number of H-pyrrole nitrogens is 1. The molecule has 15 heavy (non-hydrogen) atoms. The molecule has 0 spiro atoms.